The standard InChI is InChI=1S/C14H30O/c1-10(2)9-13(5,6)14(7,8)12(15)11(3)4/h10-12,15H,9H2,1-8H3. The van der Waals surface area contributed by atoms with Gasteiger partial charge in [0.05, 0.1) is 6.10 Å². The van der Waals surface area contributed by atoms with Gasteiger partial charge >= 0.3 is 0 Å². The lowest BCUT2D eigenvalue weighted by Gasteiger charge is -2.47. The van der Waals surface area contributed by atoms with Crippen molar-refractivity contribution in [2.75, 3.05) is 0 Å². The van der Waals surface area contributed by atoms with Crippen LogP contribution in [0.5, 0.6) is 0 Å². The second kappa shape index (κ2) is 4.86. The molecule has 0 heterocycles. The average Bonchev–Trinajstić information content (AvgIpc) is 1.99. The van der Waals surface area contributed by atoms with E-state index in [1.807, 2.05) is 0 Å². The van der Waals surface area contributed by atoms with Crippen LogP contribution in [0.2, 0.25) is 0 Å². The summed E-state index contributed by atoms with van der Waals surface area (Å²) in [4.78, 5) is 0. The first-order valence-electron chi connectivity index (χ1n) is 6.20. The molecule has 0 aromatic heterocycles. The minimum atomic E-state index is -0.230. The summed E-state index contributed by atoms with van der Waals surface area (Å²) in [7, 11) is 0. The fourth-order valence-corrected chi connectivity index (χ4v) is 2.52. The third kappa shape index (κ3) is 3.48. The maximum Gasteiger partial charge on any atom is 0.0619 e. The zero-order valence-corrected chi connectivity index (χ0v) is 11.9. The molecule has 0 saturated carbocycles. The third-order valence-electron chi connectivity index (χ3n) is 4.03. The lowest BCUT2D eigenvalue weighted by atomic mass is 9.60. The Morgan fingerprint density at radius 1 is 0.933 bits per heavy atom. The van der Waals surface area contributed by atoms with Crippen molar-refractivity contribution in [1.82, 2.24) is 0 Å². The molecular weight excluding hydrogens is 184 g/mol. The van der Waals surface area contributed by atoms with Gasteiger partial charge in [-0.1, -0.05) is 55.4 Å². The topological polar surface area (TPSA) is 20.2 Å². The zero-order valence-electron chi connectivity index (χ0n) is 11.9. The lowest BCUT2D eigenvalue weighted by Crippen LogP contribution is -2.45. The lowest BCUT2D eigenvalue weighted by molar-refractivity contribution is -0.0683. The van der Waals surface area contributed by atoms with E-state index in [9.17, 15) is 5.11 Å². The highest BCUT2D eigenvalue weighted by Gasteiger charge is 2.43. The third-order valence-corrected chi connectivity index (χ3v) is 4.03. The van der Waals surface area contributed by atoms with Crippen LogP contribution in [-0.2, 0) is 0 Å². The molecule has 0 spiro atoms. The SMILES string of the molecule is CC(C)CC(C)(C)C(C)(C)C(O)C(C)C. The van der Waals surface area contributed by atoms with Crippen LogP contribution in [0.3, 0.4) is 0 Å². The molecule has 0 amide bonds. The maximum absolute atomic E-state index is 10.3. The summed E-state index contributed by atoms with van der Waals surface area (Å²) in [5.41, 5.74) is 0.135. The summed E-state index contributed by atoms with van der Waals surface area (Å²) in [5.74, 6) is 1.00. The van der Waals surface area contributed by atoms with Gasteiger partial charge in [-0.05, 0) is 29.1 Å². The van der Waals surface area contributed by atoms with Gasteiger partial charge in [-0.15, -0.1) is 0 Å². The highest BCUT2D eigenvalue weighted by Crippen LogP contribution is 2.47. The van der Waals surface area contributed by atoms with Crippen molar-refractivity contribution in [2.24, 2.45) is 22.7 Å². The molecule has 0 aliphatic carbocycles. The van der Waals surface area contributed by atoms with E-state index in [1.165, 1.54) is 0 Å². The number of hydrogen-bond acceptors (Lipinski definition) is 1. The van der Waals surface area contributed by atoms with E-state index >= 15 is 0 Å². The van der Waals surface area contributed by atoms with E-state index in [0.717, 1.165) is 6.42 Å². The Kier molecular flexibility index (Phi) is 4.85. The Labute approximate surface area is 96.3 Å². The minimum absolute atomic E-state index is 0.0363. The normalized spacial score (nSPS) is 16.2. The number of aliphatic hydroxyl groups excluding tert-OH is 1. The molecule has 92 valence electrons. The molecule has 0 rings (SSSR count). The van der Waals surface area contributed by atoms with Crippen molar-refractivity contribution >= 4 is 0 Å². The van der Waals surface area contributed by atoms with Crippen LogP contribution in [0.25, 0.3) is 0 Å². The molecule has 15 heavy (non-hydrogen) atoms. The van der Waals surface area contributed by atoms with Crippen LogP contribution in [0.1, 0.15) is 61.8 Å². The Balaban J connectivity index is 4.83. The Bertz CT molecular complexity index is 190. The van der Waals surface area contributed by atoms with Crippen LogP contribution in [0.15, 0.2) is 0 Å². The van der Waals surface area contributed by atoms with Crippen molar-refractivity contribution < 1.29 is 5.11 Å². The van der Waals surface area contributed by atoms with Crippen LogP contribution < -0.4 is 0 Å². The maximum atomic E-state index is 10.3. The van der Waals surface area contributed by atoms with Gasteiger partial charge < -0.3 is 5.11 Å². The molecule has 0 aromatic rings. The number of aliphatic hydroxyl groups is 1. The van der Waals surface area contributed by atoms with Gasteiger partial charge in [-0.25, -0.2) is 0 Å². The van der Waals surface area contributed by atoms with Crippen molar-refractivity contribution in [3.05, 3.63) is 0 Å². The van der Waals surface area contributed by atoms with E-state index in [0.29, 0.717) is 11.8 Å². The minimum Gasteiger partial charge on any atom is -0.392 e. The molecule has 0 bridgehead atoms. The Hall–Kier alpha value is -0.0400. The summed E-state index contributed by atoms with van der Waals surface area (Å²) >= 11 is 0. The first-order valence-corrected chi connectivity index (χ1v) is 6.20. The smallest absolute Gasteiger partial charge is 0.0619 e. The molecule has 0 aliphatic heterocycles. The first-order chi connectivity index (χ1) is 6.52. The fourth-order valence-electron chi connectivity index (χ4n) is 2.52. The van der Waals surface area contributed by atoms with Crippen molar-refractivity contribution in [1.29, 1.82) is 0 Å². The molecular formula is C14H30O. The summed E-state index contributed by atoms with van der Waals surface area (Å²) in [6, 6.07) is 0. The molecule has 0 aliphatic rings. The summed E-state index contributed by atoms with van der Waals surface area (Å²) in [6.07, 6.45) is 0.926. The van der Waals surface area contributed by atoms with Crippen molar-refractivity contribution in [2.45, 2.75) is 67.9 Å². The molecule has 1 atom stereocenters. The number of rotatable bonds is 5. The highest BCUT2D eigenvalue weighted by atomic mass is 16.3. The molecule has 1 heteroatoms. The van der Waals surface area contributed by atoms with E-state index in [1.54, 1.807) is 0 Å². The van der Waals surface area contributed by atoms with Crippen LogP contribution in [0, 0.1) is 22.7 Å². The van der Waals surface area contributed by atoms with Crippen LogP contribution >= 0.6 is 0 Å². The van der Waals surface area contributed by atoms with Gasteiger partial charge in [0, 0.05) is 0 Å². The van der Waals surface area contributed by atoms with Gasteiger partial charge in [-0.2, -0.15) is 0 Å². The summed E-state index contributed by atoms with van der Waals surface area (Å²) in [6.45, 7) is 17.6. The Morgan fingerprint density at radius 2 is 1.33 bits per heavy atom. The van der Waals surface area contributed by atoms with Gasteiger partial charge in [0.1, 0.15) is 0 Å². The highest BCUT2D eigenvalue weighted by molar-refractivity contribution is 4.92. The molecule has 0 radical (unpaired) electrons. The molecule has 1 unspecified atom stereocenters. The van der Waals surface area contributed by atoms with Gasteiger partial charge in [0.25, 0.3) is 0 Å². The summed E-state index contributed by atoms with van der Waals surface area (Å²) < 4.78 is 0. The second-order valence-corrected chi connectivity index (χ2v) is 6.89. The predicted octanol–water partition coefficient (Wildman–Crippen LogP) is 4.10. The molecule has 1 N–H and O–H groups in total. The van der Waals surface area contributed by atoms with E-state index < -0.39 is 0 Å². The van der Waals surface area contributed by atoms with Gasteiger partial charge in [-0.3, -0.25) is 0 Å². The van der Waals surface area contributed by atoms with Gasteiger partial charge in [0.2, 0.25) is 0 Å². The second-order valence-electron chi connectivity index (χ2n) is 6.89. The van der Waals surface area contributed by atoms with Crippen molar-refractivity contribution in [3.8, 4) is 0 Å². The van der Waals surface area contributed by atoms with E-state index in [-0.39, 0.29) is 16.9 Å². The monoisotopic (exact) mass is 214 g/mol. The largest absolute Gasteiger partial charge is 0.392 e. The van der Waals surface area contributed by atoms with E-state index in [4.69, 9.17) is 0 Å². The van der Waals surface area contributed by atoms with Crippen molar-refractivity contribution in [3.63, 3.8) is 0 Å². The number of hydrogen-bond donors (Lipinski definition) is 1. The predicted molar refractivity (Wildman–Crippen MR) is 67.9 cm³/mol. The molecule has 1 nitrogen and oxygen atoms in total. The first kappa shape index (κ1) is 15.0. The average molecular weight is 214 g/mol. The molecule has 0 aromatic carbocycles. The van der Waals surface area contributed by atoms with Crippen LogP contribution in [-0.4, -0.2) is 11.2 Å². The quantitative estimate of drug-likeness (QED) is 0.730. The Morgan fingerprint density at radius 3 is 1.60 bits per heavy atom. The fraction of sp³-hybridized carbons (Fsp3) is 1.00. The van der Waals surface area contributed by atoms with E-state index in [2.05, 4.69) is 55.4 Å². The molecule has 0 saturated heterocycles. The van der Waals surface area contributed by atoms with Gasteiger partial charge in [0.15, 0.2) is 0 Å². The summed E-state index contributed by atoms with van der Waals surface area (Å²) in [5, 5.41) is 10.3. The van der Waals surface area contributed by atoms with Crippen LogP contribution in [0.4, 0.5) is 0 Å². The zero-order chi connectivity index (χ0) is 12.4. The molecule has 0 fully saturated rings.